The zero-order valence-electron chi connectivity index (χ0n) is 17.8. The lowest BCUT2D eigenvalue weighted by Crippen LogP contribution is -2.60. The Bertz CT molecular complexity index is 832. The number of benzene rings is 2. The Labute approximate surface area is 187 Å². The minimum atomic E-state index is -1.22. The summed E-state index contributed by atoms with van der Waals surface area (Å²) in [7, 11) is 0. The lowest BCUT2D eigenvalue weighted by atomic mass is 9.99. The average molecular weight is 444 g/mol. The molecule has 1 fully saturated rings. The summed E-state index contributed by atoms with van der Waals surface area (Å²) in [5, 5.41) is 24.9. The second-order valence-electron chi connectivity index (χ2n) is 7.46. The summed E-state index contributed by atoms with van der Waals surface area (Å²) >= 11 is 0. The van der Waals surface area contributed by atoms with E-state index >= 15 is 0 Å². The van der Waals surface area contributed by atoms with Gasteiger partial charge in [0.05, 0.1) is 19.8 Å². The molecular formula is C23H29N3O6. The standard InChI is InChI=1S/C23H29N3O6/c24-26-25-12-7-13-30-23-22(31-15-18-10-5-2-6-11-18)21(28)20(27)19(32-23)16-29-14-17-8-3-1-4-9-17/h1-6,8-11,19-23,27-28H,7,12-16H2/t19?,20-,21?,22?,23+/m0/s1. The van der Waals surface area contributed by atoms with E-state index in [1.165, 1.54) is 0 Å². The summed E-state index contributed by atoms with van der Waals surface area (Å²) in [5.41, 5.74) is 10.3. The second-order valence-corrected chi connectivity index (χ2v) is 7.46. The predicted octanol–water partition coefficient (Wildman–Crippen LogP) is 2.95. The third-order valence-corrected chi connectivity index (χ3v) is 5.07. The average Bonchev–Trinajstić information content (AvgIpc) is 2.83. The molecule has 0 radical (unpaired) electrons. The molecule has 1 aliphatic rings. The third-order valence-electron chi connectivity index (χ3n) is 5.07. The Morgan fingerprint density at radius 2 is 1.56 bits per heavy atom. The molecule has 0 aromatic heterocycles. The molecule has 5 atom stereocenters. The van der Waals surface area contributed by atoms with Crippen LogP contribution in [0, 0.1) is 0 Å². The van der Waals surface area contributed by atoms with Gasteiger partial charge in [-0.25, -0.2) is 0 Å². The Morgan fingerprint density at radius 3 is 2.22 bits per heavy atom. The fourth-order valence-electron chi connectivity index (χ4n) is 3.37. The first kappa shape index (κ1) is 24.2. The van der Waals surface area contributed by atoms with Crippen LogP contribution in [0.3, 0.4) is 0 Å². The number of azide groups is 1. The molecule has 2 aromatic rings. The molecule has 32 heavy (non-hydrogen) atoms. The quantitative estimate of drug-likeness (QED) is 0.225. The smallest absolute Gasteiger partial charge is 0.186 e. The molecule has 3 rings (SSSR count). The van der Waals surface area contributed by atoms with E-state index in [9.17, 15) is 10.2 Å². The summed E-state index contributed by atoms with van der Waals surface area (Å²) < 4.78 is 23.3. The number of hydrogen-bond acceptors (Lipinski definition) is 7. The molecule has 172 valence electrons. The Hall–Kier alpha value is -2.49. The summed E-state index contributed by atoms with van der Waals surface area (Å²) in [6.07, 6.45) is -4.52. The molecule has 0 saturated carbocycles. The third kappa shape index (κ3) is 7.29. The van der Waals surface area contributed by atoms with E-state index in [2.05, 4.69) is 10.0 Å². The SMILES string of the molecule is [N-]=[N+]=NCCCO[C@@H]1OC(COCc2ccccc2)[C@H](O)C(O)C1OCc1ccccc1. The number of aliphatic hydroxyl groups excluding tert-OH is 2. The van der Waals surface area contributed by atoms with Crippen molar-refractivity contribution in [2.24, 2.45) is 5.11 Å². The van der Waals surface area contributed by atoms with Gasteiger partial charge in [-0.2, -0.15) is 0 Å². The van der Waals surface area contributed by atoms with Crippen LogP contribution in [0.25, 0.3) is 10.4 Å². The van der Waals surface area contributed by atoms with Gasteiger partial charge in [-0.3, -0.25) is 0 Å². The summed E-state index contributed by atoms with van der Waals surface area (Å²) in [5.74, 6) is 0. The number of ether oxygens (including phenoxy) is 4. The molecule has 1 saturated heterocycles. The van der Waals surface area contributed by atoms with Gasteiger partial charge in [0.25, 0.3) is 0 Å². The fourth-order valence-corrected chi connectivity index (χ4v) is 3.37. The summed E-state index contributed by atoms with van der Waals surface area (Å²) in [6, 6.07) is 19.1. The molecule has 3 unspecified atom stereocenters. The maximum absolute atomic E-state index is 10.8. The van der Waals surface area contributed by atoms with Gasteiger partial charge in [0.1, 0.15) is 24.4 Å². The van der Waals surface area contributed by atoms with Crippen molar-refractivity contribution in [1.82, 2.24) is 0 Å². The Balaban J connectivity index is 1.59. The number of rotatable bonds is 12. The van der Waals surface area contributed by atoms with Gasteiger partial charge in [0.15, 0.2) is 6.29 Å². The number of nitrogens with zero attached hydrogens (tertiary/aromatic N) is 3. The normalized spacial score (nSPS) is 25.2. The largest absolute Gasteiger partial charge is 0.387 e. The molecule has 0 bridgehead atoms. The van der Waals surface area contributed by atoms with Crippen LogP contribution in [0.15, 0.2) is 65.8 Å². The van der Waals surface area contributed by atoms with Crippen molar-refractivity contribution in [3.8, 4) is 0 Å². The molecular weight excluding hydrogens is 414 g/mol. The van der Waals surface area contributed by atoms with Crippen molar-refractivity contribution >= 4 is 0 Å². The highest BCUT2D eigenvalue weighted by Gasteiger charge is 2.46. The van der Waals surface area contributed by atoms with E-state index in [1.807, 2.05) is 60.7 Å². The van der Waals surface area contributed by atoms with Crippen molar-refractivity contribution in [2.75, 3.05) is 19.8 Å². The van der Waals surface area contributed by atoms with Crippen molar-refractivity contribution in [3.05, 3.63) is 82.2 Å². The lowest BCUT2D eigenvalue weighted by molar-refractivity contribution is -0.313. The van der Waals surface area contributed by atoms with Crippen LogP contribution in [0.1, 0.15) is 17.5 Å². The van der Waals surface area contributed by atoms with Gasteiger partial charge < -0.3 is 29.2 Å². The van der Waals surface area contributed by atoms with Crippen molar-refractivity contribution < 1.29 is 29.2 Å². The van der Waals surface area contributed by atoms with Crippen molar-refractivity contribution in [3.63, 3.8) is 0 Å². The zero-order chi connectivity index (χ0) is 22.6. The van der Waals surface area contributed by atoms with Crippen LogP contribution in [-0.4, -0.2) is 60.7 Å². The first-order valence-corrected chi connectivity index (χ1v) is 10.6. The minimum absolute atomic E-state index is 0.0805. The molecule has 0 aliphatic carbocycles. The highest BCUT2D eigenvalue weighted by atomic mass is 16.7. The van der Waals surface area contributed by atoms with Gasteiger partial charge in [-0.05, 0) is 23.1 Å². The maximum atomic E-state index is 10.8. The van der Waals surface area contributed by atoms with Crippen LogP contribution in [-0.2, 0) is 32.2 Å². The fraction of sp³-hybridized carbons (Fsp3) is 0.478. The summed E-state index contributed by atoms with van der Waals surface area (Å²) in [4.78, 5) is 2.71. The topological polar surface area (TPSA) is 126 Å². The van der Waals surface area contributed by atoms with E-state index in [0.717, 1.165) is 11.1 Å². The van der Waals surface area contributed by atoms with Gasteiger partial charge in [0.2, 0.25) is 0 Å². The monoisotopic (exact) mass is 443 g/mol. The van der Waals surface area contributed by atoms with Crippen LogP contribution < -0.4 is 0 Å². The maximum Gasteiger partial charge on any atom is 0.186 e. The molecule has 0 amide bonds. The van der Waals surface area contributed by atoms with Crippen LogP contribution in [0.4, 0.5) is 0 Å². The van der Waals surface area contributed by atoms with Gasteiger partial charge >= 0.3 is 0 Å². The van der Waals surface area contributed by atoms with Crippen LogP contribution in [0.5, 0.6) is 0 Å². The van der Waals surface area contributed by atoms with E-state index < -0.39 is 30.7 Å². The van der Waals surface area contributed by atoms with Crippen molar-refractivity contribution in [2.45, 2.75) is 50.3 Å². The molecule has 9 heteroatoms. The zero-order valence-corrected chi connectivity index (χ0v) is 17.8. The van der Waals surface area contributed by atoms with Crippen molar-refractivity contribution in [1.29, 1.82) is 0 Å². The highest BCUT2D eigenvalue weighted by molar-refractivity contribution is 5.14. The minimum Gasteiger partial charge on any atom is -0.387 e. The molecule has 1 aliphatic heterocycles. The van der Waals surface area contributed by atoms with Gasteiger partial charge in [-0.1, -0.05) is 65.8 Å². The molecule has 9 nitrogen and oxygen atoms in total. The van der Waals surface area contributed by atoms with E-state index in [0.29, 0.717) is 13.0 Å². The molecule has 0 spiro atoms. The van der Waals surface area contributed by atoms with Crippen LogP contribution >= 0.6 is 0 Å². The van der Waals surface area contributed by atoms with Crippen LogP contribution in [0.2, 0.25) is 0 Å². The van der Waals surface area contributed by atoms with Gasteiger partial charge in [-0.15, -0.1) is 0 Å². The van der Waals surface area contributed by atoms with E-state index in [1.54, 1.807) is 0 Å². The highest BCUT2D eigenvalue weighted by Crippen LogP contribution is 2.26. The lowest BCUT2D eigenvalue weighted by Gasteiger charge is -2.42. The summed E-state index contributed by atoms with van der Waals surface area (Å²) in [6.45, 7) is 1.20. The molecule has 1 heterocycles. The predicted molar refractivity (Wildman–Crippen MR) is 116 cm³/mol. The van der Waals surface area contributed by atoms with Gasteiger partial charge in [0, 0.05) is 18.1 Å². The van der Waals surface area contributed by atoms with E-state index in [4.69, 9.17) is 24.5 Å². The Morgan fingerprint density at radius 1 is 0.906 bits per heavy atom. The second kappa shape index (κ2) is 13.1. The first-order chi connectivity index (χ1) is 15.7. The molecule has 2 aromatic carbocycles. The van der Waals surface area contributed by atoms with E-state index in [-0.39, 0.29) is 26.4 Å². The number of aliphatic hydroxyl groups is 2. The Kier molecular flexibility index (Phi) is 9.93. The molecule has 2 N–H and O–H groups in total. The first-order valence-electron chi connectivity index (χ1n) is 10.6. The number of hydrogen-bond donors (Lipinski definition) is 2.